The summed E-state index contributed by atoms with van der Waals surface area (Å²) in [5.41, 5.74) is 1.47. The predicted molar refractivity (Wildman–Crippen MR) is 121 cm³/mol. The first-order chi connectivity index (χ1) is 14.1. The van der Waals surface area contributed by atoms with E-state index in [0.29, 0.717) is 12.8 Å². The first-order valence-corrected chi connectivity index (χ1v) is 10.4. The van der Waals surface area contributed by atoms with Crippen molar-refractivity contribution in [3.8, 4) is 0 Å². The van der Waals surface area contributed by atoms with Gasteiger partial charge in [0.15, 0.2) is 0 Å². The molecule has 4 rings (SSSR count). The second kappa shape index (κ2) is 8.62. The highest BCUT2D eigenvalue weighted by molar-refractivity contribution is 9.10. The summed E-state index contributed by atoms with van der Waals surface area (Å²) in [6.45, 7) is 0. The highest BCUT2D eigenvalue weighted by atomic mass is 79.9. The van der Waals surface area contributed by atoms with Crippen molar-refractivity contribution < 1.29 is 9.59 Å². The lowest BCUT2D eigenvalue weighted by Gasteiger charge is -2.26. The molecule has 2 amide bonds. The molecular formula is C24H21BrN2O2. The molecule has 1 aliphatic rings. The summed E-state index contributed by atoms with van der Waals surface area (Å²) in [5, 5.41) is 8.13. The first-order valence-electron chi connectivity index (χ1n) is 9.61. The van der Waals surface area contributed by atoms with Crippen LogP contribution in [-0.2, 0) is 9.59 Å². The molecule has 0 aromatic heterocycles. The lowest BCUT2D eigenvalue weighted by Crippen LogP contribution is -2.37. The monoisotopic (exact) mass is 448 g/mol. The molecule has 5 heteroatoms. The molecule has 0 spiro atoms. The zero-order chi connectivity index (χ0) is 20.2. The highest BCUT2D eigenvalue weighted by Crippen LogP contribution is 2.29. The molecule has 0 heterocycles. The maximum absolute atomic E-state index is 13.0. The molecule has 2 unspecified atom stereocenters. The van der Waals surface area contributed by atoms with Crippen LogP contribution in [0.1, 0.15) is 12.8 Å². The van der Waals surface area contributed by atoms with Gasteiger partial charge in [0.05, 0.1) is 11.8 Å². The van der Waals surface area contributed by atoms with E-state index < -0.39 is 11.8 Å². The van der Waals surface area contributed by atoms with Gasteiger partial charge in [-0.25, -0.2) is 0 Å². The molecule has 2 N–H and O–H groups in total. The van der Waals surface area contributed by atoms with E-state index in [9.17, 15) is 9.59 Å². The van der Waals surface area contributed by atoms with Crippen molar-refractivity contribution in [2.45, 2.75) is 12.8 Å². The van der Waals surface area contributed by atoms with Crippen molar-refractivity contribution in [3.05, 3.63) is 83.4 Å². The number of carbonyl (C=O) groups is 2. The summed E-state index contributed by atoms with van der Waals surface area (Å²) in [6.07, 6.45) is 5.07. The summed E-state index contributed by atoms with van der Waals surface area (Å²) in [5.74, 6) is -1.05. The van der Waals surface area contributed by atoms with E-state index in [4.69, 9.17) is 0 Å². The number of anilines is 2. The fourth-order valence-electron chi connectivity index (χ4n) is 3.66. The third kappa shape index (κ3) is 4.57. The Labute approximate surface area is 178 Å². The fraction of sp³-hybridized carbons (Fsp3) is 0.167. The van der Waals surface area contributed by atoms with Gasteiger partial charge in [0, 0.05) is 15.8 Å². The third-order valence-electron chi connectivity index (χ3n) is 5.23. The molecule has 0 fully saturated rings. The average Bonchev–Trinajstić information content (AvgIpc) is 2.75. The van der Waals surface area contributed by atoms with Crippen LogP contribution in [-0.4, -0.2) is 11.8 Å². The van der Waals surface area contributed by atoms with Crippen LogP contribution in [0.5, 0.6) is 0 Å². The number of nitrogens with one attached hydrogen (secondary N) is 2. The van der Waals surface area contributed by atoms with Gasteiger partial charge in [0.2, 0.25) is 11.8 Å². The van der Waals surface area contributed by atoms with Gasteiger partial charge in [-0.3, -0.25) is 9.59 Å². The van der Waals surface area contributed by atoms with Gasteiger partial charge in [-0.1, -0.05) is 58.4 Å². The summed E-state index contributed by atoms with van der Waals surface area (Å²) in [6, 6.07) is 21.3. The van der Waals surface area contributed by atoms with Gasteiger partial charge < -0.3 is 10.6 Å². The van der Waals surface area contributed by atoms with E-state index in [2.05, 4.69) is 26.6 Å². The molecule has 0 bridgehead atoms. The number of rotatable bonds is 4. The zero-order valence-electron chi connectivity index (χ0n) is 15.8. The number of hydrogen-bond donors (Lipinski definition) is 2. The van der Waals surface area contributed by atoms with Gasteiger partial charge in [-0.05, 0) is 60.0 Å². The maximum atomic E-state index is 13.0. The lowest BCUT2D eigenvalue weighted by atomic mass is 9.81. The molecule has 3 aromatic carbocycles. The largest absolute Gasteiger partial charge is 0.326 e. The number of halogens is 1. The Kier molecular flexibility index (Phi) is 5.76. The molecule has 2 atom stereocenters. The maximum Gasteiger partial charge on any atom is 0.228 e. The molecule has 0 aliphatic heterocycles. The zero-order valence-corrected chi connectivity index (χ0v) is 17.4. The molecule has 1 aliphatic carbocycles. The van der Waals surface area contributed by atoms with Crippen molar-refractivity contribution >= 4 is 49.9 Å². The van der Waals surface area contributed by atoms with Gasteiger partial charge in [-0.2, -0.15) is 0 Å². The topological polar surface area (TPSA) is 58.2 Å². The Morgan fingerprint density at radius 3 is 1.93 bits per heavy atom. The molecule has 0 saturated heterocycles. The van der Waals surface area contributed by atoms with Crippen molar-refractivity contribution in [3.63, 3.8) is 0 Å². The predicted octanol–water partition coefficient (Wildman–Crippen LogP) is 5.76. The van der Waals surface area contributed by atoms with Crippen LogP contribution in [0.3, 0.4) is 0 Å². The normalized spacial score (nSPS) is 18.4. The van der Waals surface area contributed by atoms with E-state index in [1.54, 1.807) is 0 Å². The first kappa shape index (κ1) is 19.4. The number of hydrogen-bond acceptors (Lipinski definition) is 2. The SMILES string of the molecule is O=C(Nc1ccc(Br)cc1)C1CC=CCC1C(=O)Nc1ccc2ccccc2c1. The quantitative estimate of drug-likeness (QED) is 0.498. The Morgan fingerprint density at radius 1 is 0.724 bits per heavy atom. The molecule has 4 nitrogen and oxygen atoms in total. The summed E-state index contributed by atoms with van der Waals surface area (Å²) < 4.78 is 0.948. The second-order valence-electron chi connectivity index (χ2n) is 7.20. The van der Waals surface area contributed by atoms with E-state index >= 15 is 0 Å². The smallest absolute Gasteiger partial charge is 0.228 e. The van der Waals surface area contributed by atoms with Crippen LogP contribution in [0.15, 0.2) is 83.4 Å². The summed E-state index contributed by atoms with van der Waals surface area (Å²) in [4.78, 5) is 25.8. The Balaban J connectivity index is 1.48. The van der Waals surface area contributed by atoms with Crippen LogP contribution in [0.2, 0.25) is 0 Å². The molecule has 146 valence electrons. The van der Waals surface area contributed by atoms with Gasteiger partial charge in [-0.15, -0.1) is 0 Å². The highest BCUT2D eigenvalue weighted by Gasteiger charge is 2.34. The fourth-order valence-corrected chi connectivity index (χ4v) is 3.93. The molecular weight excluding hydrogens is 428 g/mol. The summed E-state index contributed by atoms with van der Waals surface area (Å²) >= 11 is 3.39. The van der Waals surface area contributed by atoms with Crippen LogP contribution in [0.25, 0.3) is 10.8 Å². The van der Waals surface area contributed by atoms with Crippen molar-refractivity contribution in [1.82, 2.24) is 0 Å². The number of amides is 2. The van der Waals surface area contributed by atoms with E-state index in [1.165, 1.54) is 0 Å². The molecule has 29 heavy (non-hydrogen) atoms. The van der Waals surface area contributed by atoms with Gasteiger partial charge >= 0.3 is 0 Å². The van der Waals surface area contributed by atoms with Crippen molar-refractivity contribution in [2.75, 3.05) is 10.6 Å². The minimum Gasteiger partial charge on any atom is -0.326 e. The van der Waals surface area contributed by atoms with Gasteiger partial charge in [0.1, 0.15) is 0 Å². The van der Waals surface area contributed by atoms with Crippen LogP contribution in [0, 0.1) is 11.8 Å². The number of fused-ring (bicyclic) bond motifs is 1. The molecule has 0 radical (unpaired) electrons. The minimum absolute atomic E-state index is 0.124. The van der Waals surface area contributed by atoms with E-state index in [1.807, 2.05) is 78.9 Å². The Bertz CT molecular complexity index is 1080. The van der Waals surface area contributed by atoms with Crippen LogP contribution >= 0.6 is 15.9 Å². The van der Waals surface area contributed by atoms with Crippen LogP contribution < -0.4 is 10.6 Å². The number of allylic oxidation sites excluding steroid dienone is 2. The number of benzene rings is 3. The third-order valence-corrected chi connectivity index (χ3v) is 5.76. The lowest BCUT2D eigenvalue weighted by molar-refractivity contribution is -0.129. The van der Waals surface area contributed by atoms with E-state index in [-0.39, 0.29) is 11.8 Å². The summed E-state index contributed by atoms with van der Waals surface area (Å²) in [7, 11) is 0. The standard InChI is InChI=1S/C24H21BrN2O2/c25-18-10-13-19(14-11-18)26-23(28)21-7-3-4-8-22(21)24(29)27-20-12-9-16-5-1-2-6-17(16)15-20/h1-6,9-15,21-22H,7-8H2,(H,26,28)(H,27,29). The second-order valence-corrected chi connectivity index (χ2v) is 8.12. The minimum atomic E-state index is -0.401. The van der Waals surface area contributed by atoms with Crippen molar-refractivity contribution in [2.24, 2.45) is 11.8 Å². The van der Waals surface area contributed by atoms with Crippen molar-refractivity contribution in [1.29, 1.82) is 0 Å². The molecule has 3 aromatic rings. The Morgan fingerprint density at radius 2 is 1.28 bits per heavy atom. The molecule has 0 saturated carbocycles. The Hall–Kier alpha value is -2.92. The van der Waals surface area contributed by atoms with E-state index in [0.717, 1.165) is 26.6 Å². The average molecular weight is 449 g/mol. The van der Waals surface area contributed by atoms with Crippen LogP contribution in [0.4, 0.5) is 11.4 Å². The number of carbonyl (C=O) groups excluding carboxylic acids is 2. The van der Waals surface area contributed by atoms with Gasteiger partial charge in [0.25, 0.3) is 0 Å².